The van der Waals surface area contributed by atoms with Crippen LogP contribution in [0.15, 0.2) is 18.2 Å². The number of rotatable bonds is 5. The van der Waals surface area contributed by atoms with Crippen molar-refractivity contribution in [2.24, 2.45) is 5.41 Å². The molecular weight excluding hydrogens is 306 g/mol. The number of methoxy groups -OCH3 is 2. The minimum absolute atomic E-state index is 0.114. The number of amides is 1. The van der Waals surface area contributed by atoms with Gasteiger partial charge in [-0.2, -0.15) is 0 Å². The molecule has 1 fully saturated rings. The zero-order valence-electron chi connectivity index (χ0n) is 15.4. The Hall–Kier alpha value is -1.91. The molecule has 2 rings (SSSR count). The van der Waals surface area contributed by atoms with E-state index in [-0.39, 0.29) is 17.4 Å². The van der Waals surface area contributed by atoms with Crippen LogP contribution in [0.2, 0.25) is 0 Å². The van der Waals surface area contributed by atoms with Crippen molar-refractivity contribution in [1.29, 1.82) is 0 Å². The molecule has 1 heterocycles. The lowest BCUT2D eigenvalue weighted by atomic mass is 9.91. The summed E-state index contributed by atoms with van der Waals surface area (Å²) in [5.74, 6) is 2.27. The predicted molar refractivity (Wildman–Crippen MR) is 93.8 cm³/mol. The Morgan fingerprint density at radius 2 is 1.67 bits per heavy atom. The molecule has 0 aromatic heterocycles. The molecule has 0 N–H and O–H groups in total. The first-order valence-corrected chi connectivity index (χ1v) is 8.52. The summed E-state index contributed by atoms with van der Waals surface area (Å²) in [6.07, 6.45) is 3.16. The molecule has 24 heavy (non-hydrogen) atoms. The first kappa shape index (κ1) is 18.4. The summed E-state index contributed by atoms with van der Waals surface area (Å²) in [6.45, 7) is 7.20. The van der Waals surface area contributed by atoms with Gasteiger partial charge < -0.3 is 19.1 Å². The van der Waals surface area contributed by atoms with Crippen LogP contribution >= 0.6 is 0 Å². The van der Waals surface area contributed by atoms with E-state index in [0.29, 0.717) is 23.9 Å². The molecule has 1 aliphatic heterocycles. The van der Waals surface area contributed by atoms with Gasteiger partial charge in [-0.25, -0.2) is 0 Å². The Bertz CT molecular complexity index is 543. The van der Waals surface area contributed by atoms with Crippen LogP contribution in [0.25, 0.3) is 0 Å². The average molecular weight is 335 g/mol. The Morgan fingerprint density at radius 1 is 1.08 bits per heavy atom. The molecule has 5 heteroatoms. The van der Waals surface area contributed by atoms with Crippen molar-refractivity contribution in [3.05, 3.63) is 18.2 Å². The minimum Gasteiger partial charge on any atom is -0.496 e. The van der Waals surface area contributed by atoms with Gasteiger partial charge in [0.2, 0.25) is 5.91 Å². The first-order chi connectivity index (χ1) is 11.3. The topological polar surface area (TPSA) is 48.0 Å². The number of hydrogen-bond acceptors (Lipinski definition) is 4. The van der Waals surface area contributed by atoms with Gasteiger partial charge in [0.1, 0.15) is 23.9 Å². The van der Waals surface area contributed by atoms with E-state index in [0.717, 1.165) is 25.8 Å². The Balaban J connectivity index is 2.07. The standard InChI is InChI=1S/C19H29NO4/c1-19(2,3)18(21)20-9-7-6-8-14(20)13-24-17-11-15(22-4)10-16(12-17)23-5/h10-12,14H,6-9,13H2,1-5H3. The van der Waals surface area contributed by atoms with Crippen LogP contribution in [-0.2, 0) is 4.79 Å². The molecule has 0 radical (unpaired) electrons. The summed E-state index contributed by atoms with van der Waals surface area (Å²) >= 11 is 0. The maximum Gasteiger partial charge on any atom is 0.228 e. The SMILES string of the molecule is COc1cc(OC)cc(OCC2CCCCN2C(=O)C(C)(C)C)c1. The fourth-order valence-electron chi connectivity index (χ4n) is 2.93. The van der Waals surface area contributed by atoms with E-state index in [1.807, 2.05) is 43.9 Å². The van der Waals surface area contributed by atoms with E-state index in [9.17, 15) is 4.79 Å². The Morgan fingerprint density at radius 3 is 2.21 bits per heavy atom. The number of carbonyl (C=O) groups excluding carboxylic acids is 1. The van der Waals surface area contributed by atoms with Crippen molar-refractivity contribution in [1.82, 2.24) is 4.90 Å². The zero-order valence-corrected chi connectivity index (χ0v) is 15.4. The number of benzene rings is 1. The zero-order chi connectivity index (χ0) is 17.7. The molecule has 1 unspecified atom stereocenters. The maximum absolute atomic E-state index is 12.7. The summed E-state index contributed by atoms with van der Waals surface area (Å²) < 4.78 is 16.5. The van der Waals surface area contributed by atoms with Crippen molar-refractivity contribution in [3.63, 3.8) is 0 Å². The molecule has 0 aliphatic carbocycles. The molecule has 134 valence electrons. The Kier molecular flexibility index (Phi) is 5.97. The summed E-state index contributed by atoms with van der Waals surface area (Å²) in [6, 6.07) is 5.59. The number of piperidine rings is 1. The Labute approximate surface area is 144 Å². The number of hydrogen-bond donors (Lipinski definition) is 0. The van der Waals surface area contributed by atoms with Gasteiger partial charge in [0.15, 0.2) is 0 Å². The van der Waals surface area contributed by atoms with Crippen molar-refractivity contribution in [2.75, 3.05) is 27.4 Å². The largest absolute Gasteiger partial charge is 0.496 e. The summed E-state index contributed by atoms with van der Waals surface area (Å²) in [5, 5.41) is 0. The van der Waals surface area contributed by atoms with Crippen LogP contribution in [0.3, 0.4) is 0 Å². The van der Waals surface area contributed by atoms with Crippen LogP contribution in [0.1, 0.15) is 40.0 Å². The predicted octanol–water partition coefficient (Wildman–Crippen LogP) is 3.51. The van der Waals surface area contributed by atoms with E-state index >= 15 is 0 Å². The van der Waals surface area contributed by atoms with E-state index < -0.39 is 0 Å². The van der Waals surface area contributed by atoms with Gasteiger partial charge in [0, 0.05) is 30.2 Å². The minimum atomic E-state index is -0.366. The quantitative estimate of drug-likeness (QED) is 0.826. The fraction of sp³-hybridized carbons (Fsp3) is 0.632. The lowest BCUT2D eigenvalue weighted by molar-refractivity contribution is -0.144. The molecule has 5 nitrogen and oxygen atoms in total. The van der Waals surface area contributed by atoms with Crippen LogP contribution in [0, 0.1) is 5.41 Å². The van der Waals surface area contributed by atoms with Crippen LogP contribution in [0.5, 0.6) is 17.2 Å². The summed E-state index contributed by atoms with van der Waals surface area (Å²) in [5.41, 5.74) is -0.366. The van der Waals surface area contributed by atoms with Gasteiger partial charge in [-0.1, -0.05) is 20.8 Å². The third-order valence-corrected chi connectivity index (χ3v) is 4.30. The van der Waals surface area contributed by atoms with E-state index in [1.165, 1.54) is 0 Å². The second-order valence-corrected chi connectivity index (χ2v) is 7.26. The molecule has 1 saturated heterocycles. The van der Waals surface area contributed by atoms with Gasteiger partial charge >= 0.3 is 0 Å². The third kappa shape index (κ3) is 4.56. The van der Waals surface area contributed by atoms with E-state index in [2.05, 4.69) is 0 Å². The third-order valence-electron chi connectivity index (χ3n) is 4.30. The van der Waals surface area contributed by atoms with Crippen LogP contribution < -0.4 is 14.2 Å². The molecular formula is C19H29NO4. The highest BCUT2D eigenvalue weighted by atomic mass is 16.5. The first-order valence-electron chi connectivity index (χ1n) is 8.52. The second kappa shape index (κ2) is 7.77. The molecule has 1 aromatic rings. The van der Waals surface area contributed by atoms with Gasteiger partial charge in [-0.15, -0.1) is 0 Å². The summed E-state index contributed by atoms with van der Waals surface area (Å²) in [4.78, 5) is 14.7. The van der Waals surface area contributed by atoms with E-state index in [1.54, 1.807) is 14.2 Å². The molecule has 1 amide bonds. The van der Waals surface area contributed by atoms with Gasteiger partial charge in [0.25, 0.3) is 0 Å². The van der Waals surface area contributed by atoms with Crippen molar-refractivity contribution in [2.45, 2.75) is 46.1 Å². The highest BCUT2D eigenvalue weighted by Gasteiger charge is 2.33. The number of ether oxygens (including phenoxy) is 3. The molecule has 0 spiro atoms. The molecule has 0 bridgehead atoms. The number of carbonyl (C=O) groups is 1. The van der Waals surface area contributed by atoms with Crippen LogP contribution in [-0.4, -0.2) is 44.2 Å². The smallest absolute Gasteiger partial charge is 0.228 e. The monoisotopic (exact) mass is 335 g/mol. The second-order valence-electron chi connectivity index (χ2n) is 7.26. The van der Waals surface area contributed by atoms with E-state index in [4.69, 9.17) is 14.2 Å². The highest BCUT2D eigenvalue weighted by molar-refractivity contribution is 5.81. The van der Waals surface area contributed by atoms with Gasteiger partial charge in [0.05, 0.1) is 20.3 Å². The molecule has 1 aliphatic rings. The average Bonchev–Trinajstić information content (AvgIpc) is 2.58. The van der Waals surface area contributed by atoms with Crippen molar-refractivity contribution in [3.8, 4) is 17.2 Å². The normalized spacial score (nSPS) is 18.2. The maximum atomic E-state index is 12.7. The lowest BCUT2D eigenvalue weighted by Crippen LogP contribution is -2.50. The van der Waals surface area contributed by atoms with Gasteiger partial charge in [-0.3, -0.25) is 4.79 Å². The molecule has 1 atom stereocenters. The lowest BCUT2D eigenvalue weighted by Gasteiger charge is -2.39. The molecule has 1 aromatic carbocycles. The fourth-order valence-corrected chi connectivity index (χ4v) is 2.93. The molecule has 0 saturated carbocycles. The van der Waals surface area contributed by atoms with Crippen molar-refractivity contribution >= 4 is 5.91 Å². The van der Waals surface area contributed by atoms with Crippen molar-refractivity contribution < 1.29 is 19.0 Å². The number of likely N-dealkylation sites (tertiary alicyclic amines) is 1. The highest BCUT2D eigenvalue weighted by Crippen LogP contribution is 2.29. The number of nitrogens with zero attached hydrogens (tertiary/aromatic N) is 1. The van der Waals surface area contributed by atoms with Gasteiger partial charge in [-0.05, 0) is 19.3 Å². The summed E-state index contributed by atoms with van der Waals surface area (Å²) in [7, 11) is 3.23. The van der Waals surface area contributed by atoms with Crippen LogP contribution in [0.4, 0.5) is 0 Å².